The summed E-state index contributed by atoms with van der Waals surface area (Å²) >= 11 is 0. The normalized spacial score (nSPS) is 19.1. The van der Waals surface area contributed by atoms with Crippen molar-refractivity contribution in [1.82, 2.24) is 25.1 Å². The number of rotatable bonds is 1. The second-order valence-corrected chi connectivity index (χ2v) is 6.54. The summed E-state index contributed by atoms with van der Waals surface area (Å²) < 4.78 is 0. The highest BCUT2D eigenvalue weighted by atomic mass is 16.2. The van der Waals surface area contributed by atoms with Crippen molar-refractivity contribution >= 4 is 5.91 Å². The van der Waals surface area contributed by atoms with E-state index in [0.717, 1.165) is 36.9 Å². The Balaban J connectivity index is 1.57. The van der Waals surface area contributed by atoms with Gasteiger partial charge in [-0.3, -0.25) is 14.7 Å². The molecule has 0 unspecified atom stereocenters. The molecule has 23 heavy (non-hydrogen) atoms. The molecule has 7 heteroatoms. The summed E-state index contributed by atoms with van der Waals surface area (Å²) in [5.74, 6) is 0.689. The molecule has 2 aromatic rings. The quantitative estimate of drug-likeness (QED) is 0.818. The summed E-state index contributed by atoms with van der Waals surface area (Å²) in [4.78, 5) is 33.8. The van der Waals surface area contributed by atoms with Crippen LogP contribution in [0.4, 0.5) is 0 Å². The molecule has 1 aliphatic carbocycles. The van der Waals surface area contributed by atoms with Crippen molar-refractivity contribution < 1.29 is 4.79 Å². The van der Waals surface area contributed by atoms with Gasteiger partial charge in [0.1, 0.15) is 5.82 Å². The van der Waals surface area contributed by atoms with Crippen LogP contribution in [0.15, 0.2) is 17.2 Å². The number of aryl methyl sites for hydroxylation is 1. The fourth-order valence-electron chi connectivity index (χ4n) is 3.94. The maximum atomic E-state index is 12.4. The highest BCUT2D eigenvalue weighted by Gasteiger charge is 2.44. The topological polar surface area (TPSA) is 94.7 Å². The molecule has 2 N–H and O–H groups in total. The number of likely N-dealkylation sites (tertiary alicyclic amines) is 1. The summed E-state index contributed by atoms with van der Waals surface area (Å²) in [6.45, 7) is 3.21. The number of hydrogen-bond donors (Lipinski definition) is 2. The van der Waals surface area contributed by atoms with Gasteiger partial charge in [0, 0.05) is 30.3 Å². The van der Waals surface area contributed by atoms with Crippen LogP contribution in [0.1, 0.15) is 46.7 Å². The van der Waals surface area contributed by atoms with Crippen molar-refractivity contribution in [3.05, 3.63) is 45.4 Å². The smallest absolute Gasteiger partial charge is 0.257 e. The zero-order chi connectivity index (χ0) is 16.0. The number of carbonyl (C=O) groups excluding carboxylic acids is 1. The van der Waals surface area contributed by atoms with Gasteiger partial charge in [-0.25, -0.2) is 4.98 Å². The minimum atomic E-state index is -0.0401. The van der Waals surface area contributed by atoms with Crippen LogP contribution in [-0.4, -0.2) is 44.1 Å². The lowest BCUT2D eigenvalue weighted by Gasteiger charge is -2.39. The molecule has 4 rings (SSSR count). The number of carbonyl (C=O) groups is 1. The largest absolute Gasteiger partial charge is 0.338 e. The lowest BCUT2D eigenvalue weighted by molar-refractivity contribution is 0.0663. The van der Waals surface area contributed by atoms with E-state index in [0.29, 0.717) is 24.5 Å². The molecule has 7 nitrogen and oxygen atoms in total. The summed E-state index contributed by atoms with van der Waals surface area (Å²) in [6.07, 6.45) is 6.65. The number of piperidine rings is 1. The van der Waals surface area contributed by atoms with Crippen molar-refractivity contribution in [3.8, 4) is 0 Å². The highest BCUT2D eigenvalue weighted by Crippen LogP contribution is 2.44. The fourth-order valence-corrected chi connectivity index (χ4v) is 3.94. The van der Waals surface area contributed by atoms with Gasteiger partial charge in [0.25, 0.3) is 11.5 Å². The monoisotopic (exact) mass is 313 g/mol. The van der Waals surface area contributed by atoms with Gasteiger partial charge in [-0.15, -0.1) is 0 Å². The Bertz CT molecular complexity index is 800. The Kier molecular flexibility index (Phi) is 3.11. The Morgan fingerprint density at radius 3 is 2.78 bits per heavy atom. The maximum absolute atomic E-state index is 12.4. The molecule has 1 amide bonds. The van der Waals surface area contributed by atoms with E-state index in [1.165, 1.54) is 0 Å². The van der Waals surface area contributed by atoms with Crippen molar-refractivity contribution in [3.63, 3.8) is 0 Å². The van der Waals surface area contributed by atoms with Crippen LogP contribution >= 0.6 is 0 Å². The first-order valence-electron chi connectivity index (χ1n) is 7.97. The van der Waals surface area contributed by atoms with Crippen LogP contribution < -0.4 is 5.56 Å². The van der Waals surface area contributed by atoms with Gasteiger partial charge in [-0.05, 0) is 32.6 Å². The molecule has 0 aromatic carbocycles. The van der Waals surface area contributed by atoms with Crippen molar-refractivity contribution in [1.29, 1.82) is 0 Å². The zero-order valence-electron chi connectivity index (χ0n) is 13.1. The molecule has 3 heterocycles. The third-order valence-electron chi connectivity index (χ3n) is 5.24. The van der Waals surface area contributed by atoms with E-state index in [1.807, 2.05) is 11.8 Å². The van der Waals surface area contributed by atoms with E-state index in [1.54, 1.807) is 12.4 Å². The number of aromatic amines is 2. The second-order valence-electron chi connectivity index (χ2n) is 6.54. The minimum Gasteiger partial charge on any atom is -0.338 e. The minimum absolute atomic E-state index is 0.00118. The predicted octanol–water partition coefficient (Wildman–Crippen LogP) is 0.922. The van der Waals surface area contributed by atoms with E-state index in [2.05, 4.69) is 20.2 Å². The van der Waals surface area contributed by atoms with Gasteiger partial charge in [-0.2, -0.15) is 5.10 Å². The number of hydrogen-bond acceptors (Lipinski definition) is 4. The maximum Gasteiger partial charge on any atom is 0.257 e. The zero-order valence-corrected chi connectivity index (χ0v) is 13.1. The Morgan fingerprint density at radius 1 is 1.30 bits per heavy atom. The molecule has 0 radical (unpaired) electrons. The first-order valence-corrected chi connectivity index (χ1v) is 7.97. The van der Waals surface area contributed by atoms with Crippen LogP contribution in [0, 0.1) is 6.92 Å². The molecule has 1 saturated heterocycles. The third kappa shape index (κ3) is 2.18. The number of amides is 1. The molecule has 0 saturated carbocycles. The summed E-state index contributed by atoms with van der Waals surface area (Å²) in [7, 11) is 0. The highest BCUT2D eigenvalue weighted by molar-refractivity contribution is 5.93. The van der Waals surface area contributed by atoms with Crippen molar-refractivity contribution in [2.75, 3.05) is 13.1 Å². The Labute approximate surface area is 133 Å². The number of aromatic nitrogens is 4. The van der Waals surface area contributed by atoms with Crippen LogP contribution in [-0.2, 0) is 11.8 Å². The van der Waals surface area contributed by atoms with Crippen LogP contribution in [0.25, 0.3) is 0 Å². The first-order chi connectivity index (χ1) is 11.1. The van der Waals surface area contributed by atoms with Crippen LogP contribution in [0.2, 0.25) is 0 Å². The van der Waals surface area contributed by atoms with Gasteiger partial charge < -0.3 is 9.88 Å². The SMILES string of the molecule is Cc1nc2c(c(=O)[nH]1)CCC21CCN(C(=O)c2cn[nH]c2)CC1. The molecular weight excluding hydrogens is 294 g/mol. The predicted molar refractivity (Wildman–Crippen MR) is 83.3 cm³/mol. The van der Waals surface area contributed by atoms with Crippen molar-refractivity contribution in [2.45, 2.75) is 38.0 Å². The number of nitrogens with one attached hydrogen (secondary N) is 2. The number of nitrogens with zero attached hydrogens (tertiary/aromatic N) is 3. The standard InChI is InChI=1S/C16H19N5O2/c1-10-19-13-12(14(22)20-10)2-3-16(13)4-6-21(7-5-16)15(23)11-8-17-18-9-11/h8-9H,2-7H2,1H3,(H,17,18)(H,19,20,22). The van der Waals surface area contributed by atoms with E-state index in [9.17, 15) is 9.59 Å². The molecule has 1 spiro atoms. The Morgan fingerprint density at radius 2 is 2.09 bits per heavy atom. The molecule has 0 bridgehead atoms. The van der Waals surface area contributed by atoms with E-state index in [-0.39, 0.29) is 16.9 Å². The van der Waals surface area contributed by atoms with Crippen molar-refractivity contribution in [2.24, 2.45) is 0 Å². The third-order valence-corrected chi connectivity index (χ3v) is 5.24. The first kappa shape index (κ1) is 14.2. The van der Waals surface area contributed by atoms with E-state index in [4.69, 9.17) is 0 Å². The molecule has 2 aliphatic rings. The second kappa shape index (κ2) is 5.04. The Hall–Kier alpha value is -2.44. The molecule has 1 fully saturated rings. The molecule has 1 aliphatic heterocycles. The molecule has 0 atom stereocenters. The summed E-state index contributed by atoms with van der Waals surface area (Å²) in [5.41, 5.74) is 2.36. The lowest BCUT2D eigenvalue weighted by atomic mass is 9.76. The van der Waals surface area contributed by atoms with Gasteiger partial charge in [0.05, 0.1) is 17.5 Å². The average Bonchev–Trinajstić information content (AvgIpc) is 3.17. The molecule has 120 valence electrons. The summed E-state index contributed by atoms with van der Waals surface area (Å²) in [5, 5.41) is 6.52. The van der Waals surface area contributed by atoms with Crippen LogP contribution in [0.5, 0.6) is 0 Å². The lowest BCUT2D eigenvalue weighted by Crippen LogP contribution is -2.44. The summed E-state index contributed by atoms with van der Waals surface area (Å²) in [6, 6.07) is 0. The average molecular weight is 313 g/mol. The van der Waals surface area contributed by atoms with Gasteiger partial charge in [0.15, 0.2) is 0 Å². The number of fused-ring (bicyclic) bond motifs is 2. The molecular formula is C16H19N5O2. The van der Waals surface area contributed by atoms with E-state index >= 15 is 0 Å². The van der Waals surface area contributed by atoms with Gasteiger partial charge >= 0.3 is 0 Å². The van der Waals surface area contributed by atoms with Gasteiger partial charge in [-0.1, -0.05) is 0 Å². The van der Waals surface area contributed by atoms with Gasteiger partial charge in [0.2, 0.25) is 0 Å². The fraction of sp³-hybridized carbons (Fsp3) is 0.500. The van der Waals surface area contributed by atoms with Crippen LogP contribution in [0.3, 0.4) is 0 Å². The molecule has 2 aromatic heterocycles. The van der Waals surface area contributed by atoms with E-state index < -0.39 is 0 Å². The number of H-pyrrole nitrogens is 2.